The molecule has 1 aliphatic rings. The molecule has 1 aliphatic carbocycles. The highest BCUT2D eigenvalue weighted by atomic mass is 32.2. The number of nitrogens with one attached hydrogen (secondary N) is 1. The van der Waals surface area contributed by atoms with Gasteiger partial charge in [-0.25, -0.2) is 13.1 Å². The molecule has 0 atom stereocenters. The first-order valence-corrected chi connectivity index (χ1v) is 10.1. The van der Waals surface area contributed by atoms with E-state index in [1.54, 1.807) is 6.07 Å². The van der Waals surface area contributed by atoms with E-state index in [-0.39, 0.29) is 0 Å². The van der Waals surface area contributed by atoms with E-state index in [1.807, 2.05) is 19.2 Å². The molecule has 4 nitrogen and oxygen atoms in total. The van der Waals surface area contributed by atoms with Crippen LogP contribution in [0.2, 0.25) is 0 Å². The molecule has 0 bridgehead atoms. The van der Waals surface area contributed by atoms with Crippen molar-refractivity contribution < 1.29 is 8.42 Å². The molecular weight excluding hydrogens is 320 g/mol. The largest absolute Gasteiger partial charge is 0.352 e. The highest BCUT2D eigenvalue weighted by molar-refractivity contribution is 7.89. The van der Waals surface area contributed by atoms with E-state index in [0.717, 1.165) is 19.3 Å². The Balaban J connectivity index is 1.69. The van der Waals surface area contributed by atoms with Gasteiger partial charge in [-0.15, -0.1) is 0 Å². The third-order valence-corrected chi connectivity index (χ3v) is 6.66. The zero-order valence-electron chi connectivity index (χ0n) is 14.7. The Labute approximate surface area is 144 Å². The molecule has 130 valence electrons. The predicted molar refractivity (Wildman–Crippen MR) is 96.9 cm³/mol. The van der Waals surface area contributed by atoms with Gasteiger partial charge in [0.15, 0.2) is 0 Å². The summed E-state index contributed by atoms with van der Waals surface area (Å²) in [5.74, 6) is 0. The summed E-state index contributed by atoms with van der Waals surface area (Å²) in [7, 11) is -1.40. The number of fused-ring (bicyclic) bond motifs is 1. The fourth-order valence-electron chi connectivity index (χ4n) is 3.47. The molecule has 0 unspecified atom stereocenters. The smallest absolute Gasteiger partial charge is 0.240 e. The van der Waals surface area contributed by atoms with Crippen molar-refractivity contribution in [3.8, 4) is 0 Å². The third kappa shape index (κ3) is 3.42. The van der Waals surface area contributed by atoms with Crippen LogP contribution < -0.4 is 4.72 Å². The topological polar surface area (TPSA) is 51.1 Å². The van der Waals surface area contributed by atoms with Crippen molar-refractivity contribution in [3.05, 3.63) is 52.3 Å². The highest BCUT2D eigenvalue weighted by Crippen LogP contribution is 2.24. The molecule has 0 radical (unpaired) electrons. The molecule has 3 rings (SSSR count). The van der Waals surface area contributed by atoms with E-state index in [4.69, 9.17) is 0 Å². The quantitative estimate of drug-likeness (QED) is 0.905. The van der Waals surface area contributed by atoms with Crippen LogP contribution in [0.4, 0.5) is 0 Å². The lowest BCUT2D eigenvalue weighted by molar-refractivity contribution is 0.581. The molecule has 0 saturated carbocycles. The van der Waals surface area contributed by atoms with Crippen molar-refractivity contribution in [1.82, 2.24) is 9.29 Å². The van der Waals surface area contributed by atoms with Crippen LogP contribution in [0.3, 0.4) is 0 Å². The van der Waals surface area contributed by atoms with Crippen molar-refractivity contribution >= 4 is 10.0 Å². The van der Waals surface area contributed by atoms with Gasteiger partial charge in [-0.2, -0.15) is 0 Å². The van der Waals surface area contributed by atoms with Gasteiger partial charge in [0.25, 0.3) is 0 Å². The fraction of sp³-hybridized carbons (Fsp3) is 0.474. The van der Waals surface area contributed by atoms with Gasteiger partial charge in [0, 0.05) is 25.0 Å². The van der Waals surface area contributed by atoms with Crippen molar-refractivity contribution in [3.63, 3.8) is 0 Å². The Kier molecular flexibility index (Phi) is 4.83. The second-order valence-electron chi connectivity index (χ2n) is 6.74. The van der Waals surface area contributed by atoms with E-state index in [0.29, 0.717) is 17.9 Å². The van der Waals surface area contributed by atoms with Crippen LogP contribution in [0.25, 0.3) is 0 Å². The summed E-state index contributed by atoms with van der Waals surface area (Å²) in [5, 5.41) is 0. The highest BCUT2D eigenvalue weighted by Gasteiger charge is 2.17. The van der Waals surface area contributed by atoms with Crippen molar-refractivity contribution in [1.29, 1.82) is 0 Å². The Hall–Kier alpha value is -1.59. The number of sulfonamides is 1. The minimum Gasteiger partial charge on any atom is -0.352 e. The Bertz CT molecular complexity index is 850. The molecule has 1 N–H and O–H groups in total. The number of aryl methyl sites for hydroxylation is 3. The van der Waals surface area contributed by atoms with Crippen molar-refractivity contribution in [2.45, 2.75) is 50.8 Å². The summed E-state index contributed by atoms with van der Waals surface area (Å²) in [6, 6.07) is 7.70. The first-order chi connectivity index (χ1) is 11.4. The Morgan fingerprint density at radius 1 is 1.08 bits per heavy atom. The van der Waals surface area contributed by atoms with Gasteiger partial charge in [-0.05, 0) is 80.8 Å². The zero-order chi connectivity index (χ0) is 17.3. The maximum Gasteiger partial charge on any atom is 0.240 e. The lowest BCUT2D eigenvalue weighted by Crippen LogP contribution is -2.26. The van der Waals surface area contributed by atoms with Crippen molar-refractivity contribution in [2.75, 3.05) is 6.54 Å². The lowest BCUT2D eigenvalue weighted by Gasteiger charge is -2.16. The molecule has 0 fully saturated rings. The molecule has 0 saturated heterocycles. The van der Waals surface area contributed by atoms with Gasteiger partial charge < -0.3 is 4.57 Å². The molecular formula is C19H26N2O2S. The second-order valence-corrected chi connectivity index (χ2v) is 8.51. The van der Waals surface area contributed by atoms with Crippen molar-refractivity contribution in [2.24, 2.45) is 7.05 Å². The monoisotopic (exact) mass is 346 g/mol. The standard InChI is InChI=1S/C19H26N2O2S/c1-14-12-17(15(2)21(14)3)10-11-20-24(22,23)19-9-8-16-6-4-5-7-18(16)13-19/h8-9,12-13,20H,4-7,10-11H2,1-3H3. The molecule has 5 heteroatoms. The maximum absolute atomic E-state index is 12.5. The molecule has 0 aliphatic heterocycles. The number of aromatic nitrogens is 1. The van der Waals surface area contributed by atoms with Gasteiger partial charge in [0.2, 0.25) is 10.0 Å². The average Bonchev–Trinajstić information content (AvgIpc) is 2.81. The predicted octanol–water partition coefficient (Wildman–Crippen LogP) is 3.04. The number of hydrogen-bond acceptors (Lipinski definition) is 2. The Morgan fingerprint density at radius 2 is 1.79 bits per heavy atom. The van der Waals surface area contributed by atoms with Crippen LogP contribution in [0.15, 0.2) is 29.2 Å². The van der Waals surface area contributed by atoms with Gasteiger partial charge in [-0.3, -0.25) is 0 Å². The van der Waals surface area contributed by atoms with Crippen LogP contribution in [0.5, 0.6) is 0 Å². The molecule has 1 aromatic heterocycles. The first-order valence-electron chi connectivity index (χ1n) is 8.62. The normalized spacial score (nSPS) is 14.6. The molecule has 0 spiro atoms. The first kappa shape index (κ1) is 17.2. The van der Waals surface area contributed by atoms with E-state index >= 15 is 0 Å². The summed E-state index contributed by atoms with van der Waals surface area (Å²) in [6.45, 7) is 4.55. The number of rotatable bonds is 5. The minimum absolute atomic E-state index is 0.393. The van der Waals surface area contributed by atoms with Crippen LogP contribution >= 0.6 is 0 Å². The van der Waals surface area contributed by atoms with E-state index < -0.39 is 10.0 Å². The van der Waals surface area contributed by atoms with Gasteiger partial charge in [0.1, 0.15) is 0 Å². The molecule has 2 aromatic rings. The second kappa shape index (κ2) is 6.73. The van der Waals surface area contributed by atoms with Crippen LogP contribution in [0, 0.1) is 13.8 Å². The minimum atomic E-state index is -3.44. The average molecular weight is 346 g/mol. The van der Waals surface area contributed by atoms with Crippen LogP contribution in [0.1, 0.15) is 40.9 Å². The third-order valence-electron chi connectivity index (χ3n) is 5.20. The van der Waals surface area contributed by atoms with Gasteiger partial charge >= 0.3 is 0 Å². The molecule has 0 amide bonds. The number of benzene rings is 1. The van der Waals surface area contributed by atoms with Crippen LogP contribution in [-0.4, -0.2) is 19.5 Å². The Morgan fingerprint density at radius 3 is 2.46 bits per heavy atom. The summed E-state index contributed by atoms with van der Waals surface area (Å²) >= 11 is 0. The van der Waals surface area contributed by atoms with E-state index in [1.165, 1.54) is 34.5 Å². The summed E-state index contributed by atoms with van der Waals surface area (Å²) in [4.78, 5) is 0.393. The molecule has 24 heavy (non-hydrogen) atoms. The SMILES string of the molecule is Cc1cc(CCNS(=O)(=O)c2ccc3c(c2)CCCC3)c(C)n1C. The summed E-state index contributed by atoms with van der Waals surface area (Å²) < 4.78 is 30.0. The summed E-state index contributed by atoms with van der Waals surface area (Å²) in [6.07, 6.45) is 5.11. The number of nitrogens with zero attached hydrogens (tertiary/aromatic N) is 1. The van der Waals surface area contributed by atoms with Gasteiger partial charge in [0.05, 0.1) is 4.90 Å². The van der Waals surface area contributed by atoms with E-state index in [2.05, 4.69) is 29.2 Å². The maximum atomic E-state index is 12.5. The lowest BCUT2D eigenvalue weighted by atomic mass is 9.92. The number of hydrogen-bond donors (Lipinski definition) is 1. The van der Waals surface area contributed by atoms with Gasteiger partial charge in [-0.1, -0.05) is 6.07 Å². The van der Waals surface area contributed by atoms with E-state index in [9.17, 15) is 8.42 Å². The fourth-order valence-corrected chi connectivity index (χ4v) is 4.55. The molecule has 1 heterocycles. The van der Waals surface area contributed by atoms with Crippen LogP contribution in [-0.2, 0) is 36.3 Å². The summed E-state index contributed by atoms with van der Waals surface area (Å²) in [5.41, 5.74) is 6.08. The zero-order valence-corrected chi connectivity index (χ0v) is 15.5. The molecule has 1 aromatic carbocycles.